The summed E-state index contributed by atoms with van der Waals surface area (Å²) in [6.45, 7) is 0. The quantitative estimate of drug-likeness (QED) is 0.438. The van der Waals surface area contributed by atoms with Crippen molar-refractivity contribution in [3.05, 3.63) is 70.1 Å². The predicted molar refractivity (Wildman–Crippen MR) is 92.6 cm³/mol. The molecule has 0 bridgehead atoms. The van der Waals surface area contributed by atoms with Gasteiger partial charge in [0.2, 0.25) is 11.6 Å². The normalized spacial score (nSPS) is 10.7. The second kappa shape index (κ2) is 7.40. The number of ketones is 1. The molecule has 0 spiro atoms. The highest BCUT2D eigenvalue weighted by Crippen LogP contribution is 2.36. The summed E-state index contributed by atoms with van der Waals surface area (Å²) in [5.41, 5.74) is -0.0588. The van der Waals surface area contributed by atoms with Crippen molar-refractivity contribution in [3.63, 3.8) is 0 Å². The van der Waals surface area contributed by atoms with Gasteiger partial charge >= 0.3 is 0 Å². The van der Waals surface area contributed by atoms with Gasteiger partial charge in [0.15, 0.2) is 29.0 Å². The van der Waals surface area contributed by atoms with Gasteiger partial charge in [0.05, 0.1) is 19.1 Å². The number of benzene rings is 2. The van der Waals surface area contributed by atoms with Crippen molar-refractivity contribution in [2.24, 2.45) is 0 Å². The highest BCUT2D eigenvalue weighted by Gasteiger charge is 2.21. The molecule has 27 heavy (non-hydrogen) atoms. The second-order valence-corrected chi connectivity index (χ2v) is 6.49. The molecule has 0 atom stereocenters. The van der Waals surface area contributed by atoms with E-state index in [9.17, 15) is 22.4 Å². The lowest BCUT2D eigenvalue weighted by Gasteiger charge is -2.07. The van der Waals surface area contributed by atoms with Gasteiger partial charge < -0.3 is 9.47 Å². The summed E-state index contributed by atoms with van der Waals surface area (Å²) in [7, 11) is 2.30. The van der Waals surface area contributed by atoms with E-state index in [0.29, 0.717) is 4.88 Å². The van der Waals surface area contributed by atoms with Crippen LogP contribution in [0.3, 0.4) is 0 Å². The third-order valence-electron chi connectivity index (χ3n) is 3.83. The standard InChI is InChI=1S/C19H12F4O3S/c1-25-13-8-9(7-12(21)17(13)23)18(24)15-6-5-14(27-15)10-3-4-11(20)19(26-2)16(10)22/h3-8H,1-2H3. The number of ether oxygens (including phenoxy) is 2. The highest BCUT2D eigenvalue weighted by molar-refractivity contribution is 7.17. The van der Waals surface area contributed by atoms with Gasteiger partial charge in [0, 0.05) is 16.0 Å². The molecule has 2 aromatic carbocycles. The van der Waals surface area contributed by atoms with Crippen molar-refractivity contribution in [3.8, 4) is 21.9 Å². The lowest BCUT2D eigenvalue weighted by atomic mass is 10.1. The van der Waals surface area contributed by atoms with Crippen LogP contribution < -0.4 is 9.47 Å². The lowest BCUT2D eigenvalue weighted by molar-refractivity contribution is 0.104. The SMILES string of the molecule is COc1cc(C(=O)c2ccc(-c3ccc(F)c(OC)c3F)s2)cc(F)c1F. The molecule has 0 aliphatic carbocycles. The summed E-state index contributed by atoms with van der Waals surface area (Å²) in [5, 5.41) is 0. The summed E-state index contributed by atoms with van der Waals surface area (Å²) < 4.78 is 64.5. The van der Waals surface area contributed by atoms with Crippen molar-refractivity contribution in [2.75, 3.05) is 14.2 Å². The van der Waals surface area contributed by atoms with E-state index < -0.39 is 40.6 Å². The summed E-state index contributed by atoms with van der Waals surface area (Å²) in [6.07, 6.45) is 0. The van der Waals surface area contributed by atoms with Gasteiger partial charge in [0.1, 0.15) is 0 Å². The van der Waals surface area contributed by atoms with Crippen LogP contribution in [0.4, 0.5) is 17.6 Å². The molecule has 0 aliphatic heterocycles. The van der Waals surface area contributed by atoms with Gasteiger partial charge in [-0.3, -0.25) is 4.79 Å². The Morgan fingerprint density at radius 3 is 2.30 bits per heavy atom. The lowest BCUT2D eigenvalue weighted by Crippen LogP contribution is -2.02. The Morgan fingerprint density at radius 1 is 0.889 bits per heavy atom. The number of methoxy groups -OCH3 is 2. The van der Waals surface area contributed by atoms with Crippen molar-refractivity contribution >= 4 is 17.1 Å². The van der Waals surface area contributed by atoms with Crippen LogP contribution in [0.1, 0.15) is 15.2 Å². The number of hydrogen-bond donors (Lipinski definition) is 0. The highest BCUT2D eigenvalue weighted by atomic mass is 32.1. The van der Waals surface area contributed by atoms with Crippen LogP contribution in [0.2, 0.25) is 0 Å². The summed E-state index contributed by atoms with van der Waals surface area (Å²) >= 11 is 0.927. The molecule has 1 aromatic heterocycles. The Kier molecular flexibility index (Phi) is 5.18. The van der Waals surface area contributed by atoms with Gasteiger partial charge in [-0.2, -0.15) is 4.39 Å². The van der Waals surface area contributed by atoms with Crippen LogP contribution in [0, 0.1) is 23.3 Å². The first-order valence-electron chi connectivity index (χ1n) is 7.57. The van der Waals surface area contributed by atoms with Gasteiger partial charge in [0.25, 0.3) is 0 Å². The van der Waals surface area contributed by atoms with Gasteiger partial charge in [-0.05, 0) is 36.4 Å². The monoisotopic (exact) mass is 396 g/mol. The number of rotatable bonds is 5. The molecule has 0 N–H and O–H groups in total. The Labute approximate surface area is 155 Å². The van der Waals surface area contributed by atoms with Gasteiger partial charge in [-0.25, -0.2) is 13.2 Å². The number of carbonyl (C=O) groups is 1. The van der Waals surface area contributed by atoms with Crippen LogP contribution >= 0.6 is 11.3 Å². The van der Waals surface area contributed by atoms with Crippen LogP contribution in [0.15, 0.2) is 36.4 Å². The molecule has 0 fully saturated rings. The fourth-order valence-electron chi connectivity index (χ4n) is 2.50. The van der Waals surface area contributed by atoms with Crippen LogP contribution in [-0.4, -0.2) is 20.0 Å². The van der Waals surface area contributed by atoms with E-state index in [0.717, 1.165) is 43.8 Å². The molecule has 140 valence electrons. The van der Waals surface area contributed by atoms with Crippen LogP contribution in [-0.2, 0) is 0 Å². The minimum atomic E-state index is -1.22. The first-order chi connectivity index (χ1) is 12.9. The zero-order valence-corrected chi connectivity index (χ0v) is 14.9. The van der Waals surface area contributed by atoms with E-state index in [2.05, 4.69) is 0 Å². The van der Waals surface area contributed by atoms with E-state index >= 15 is 0 Å². The molecule has 8 heteroatoms. The Hall–Kier alpha value is -2.87. The molecule has 3 nitrogen and oxygen atoms in total. The molecule has 0 saturated carbocycles. The van der Waals surface area contributed by atoms with Crippen LogP contribution in [0.5, 0.6) is 11.5 Å². The molecular weight excluding hydrogens is 384 g/mol. The minimum absolute atomic E-state index is 0.0557. The van der Waals surface area contributed by atoms with E-state index in [1.54, 1.807) is 0 Å². The maximum absolute atomic E-state index is 14.4. The number of halogens is 4. The number of carbonyl (C=O) groups excluding carboxylic acids is 1. The van der Waals surface area contributed by atoms with Gasteiger partial charge in [-0.1, -0.05) is 0 Å². The summed E-state index contributed by atoms with van der Waals surface area (Å²) in [5.74, 6) is -5.67. The Balaban J connectivity index is 2.00. The molecule has 3 rings (SSSR count). The first kappa shape index (κ1) is 18.9. The van der Waals surface area contributed by atoms with E-state index in [1.165, 1.54) is 18.2 Å². The van der Waals surface area contributed by atoms with E-state index in [4.69, 9.17) is 9.47 Å². The Morgan fingerprint density at radius 2 is 1.63 bits per heavy atom. The molecule has 0 radical (unpaired) electrons. The molecule has 0 amide bonds. The predicted octanol–water partition coefficient (Wildman–Crippen LogP) is 5.22. The molecule has 0 saturated heterocycles. The average Bonchev–Trinajstić information content (AvgIpc) is 3.13. The van der Waals surface area contributed by atoms with E-state index in [1.807, 2.05) is 0 Å². The topological polar surface area (TPSA) is 35.5 Å². The van der Waals surface area contributed by atoms with E-state index in [-0.39, 0.29) is 16.0 Å². The van der Waals surface area contributed by atoms with Crippen molar-refractivity contribution in [2.45, 2.75) is 0 Å². The van der Waals surface area contributed by atoms with Crippen molar-refractivity contribution < 1.29 is 31.8 Å². The smallest absolute Gasteiger partial charge is 0.203 e. The Bertz CT molecular complexity index is 1030. The third kappa shape index (κ3) is 3.40. The zero-order chi connectivity index (χ0) is 19.7. The summed E-state index contributed by atoms with van der Waals surface area (Å²) in [6, 6.07) is 7.03. The van der Waals surface area contributed by atoms with Crippen molar-refractivity contribution in [1.29, 1.82) is 0 Å². The summed E-state index contributed by atoms with van der Waals surface area (Å²) in [4.78, 5) is 13.1. The number of hydrogen-bond acceptors (Lipinski definition) is 4. The number of thiophene rings is 1. The molecule has 0 aliphatic rings. The second-order valence-electron chi connectivity index (χ2n) is 5.41. The molecular formula is C19H12F4O3S. The minimum Gasteiger partial charge on any atom is -0.494 e. The molecule has 0 unspecified atom stereocenters. The molecule has 3 aromatic rings. The first-order valence-corrected chi connectivity index (χ1v) is 8.39. The fraction of sp³-hybridized carbons (Fsp3) is 0.105. The van der Waals surface area contributed by atoms with Crippen molar-refractivity contribution in [1.82, 2.24) is 0 Å². The van der Waals surface area contributed by atoms with Gasteiger partial charge in [-0.15, -0.1) is 11.3 Å². The third-order valence-corrected chi connectivity index (χ3v) is 4.94. The van der Waals surface area contributed by atoms with Crippen LogP contribution in [0.25, 0.3) is 10.4 Å². The maximum Gasteiger partial charge on any atom is 0.203 e. The largest absolute Gasteiger partial charge is 0.494 e. The fourth-order valence-corrected chi connectivity index (χ4v) is 3.49. The molecule has 1 heterocycles. The average molecular weight is 396 g/mol. The maximum atomic E-state index is 14.4. The zero-order valence-electron chi connectivity index (χ0n) is 14.1.